The van der Waals surface area contributed by atoms with Gasteiger partial charge in [0.05, 0.1) is 48.4 Å². The van der Waals surface area contributed by atoms with E-state index in [4.69, 9.17) is 28.4 Å². The Morgan fingerprint density at radius 2 is 0.964 bits per heavy atom. The number of rotatable bonds is 6. The van der Waals surface area contributed by atoms with Crippen LogP contribution < -0.4 is 28.4 Å². The average Bonchev–Trinajstić information content (AvgIpc) is 2.67. The molecule has 0 aliphatic heterocycles. The predicted octanol–water partition coefficient (Wildman–Crippen LogP) is 3.78. The molecular formula is C20H26O6Y2-2. The Hall–Kier alpha value is -0.812. The first-order chi connectivity index (χ1) is 12.5. The quantitative estimate of drug-likeness (QED) is 0.521. The number of ether oxygens (including phenoxy) is 6. The van der Waals surface area contributed by atoms with Crippen molar-refractivity contribution in [3.63, 3.8) is 0 Å². The fraction of sp³-hybridized carbons (Fsp3) is 0.300. The maximum atomic E-state index is 5.15. The van der Waals surface area contributed by atoms with Crippen molar-refractivity contribution < 1.29 is 93.8 Å². The van der Waals surface area contributed by atoms with Crippen LogP contribution in [0.2, 0.25) is 0 Å². The summed E-state index contributed by atoms with van der Waals surface area (Å²) in [5.74, 6) is 3.70. The molecule has 2 aromatic rings. The average molecular weight is 540 g/mol. The Balaban J connectivity index is 0. The van der Waals surface area contributed by atoms with Crippen molar-refractivity contribution in [3.05, 3.63) is 49.2 Å². The van der Waals surface area contributed by atoms with Crippen molar-refractivity contribution in [1.29, 1.82) is 0 Å². The van der Waals surface area contributed by atoms with Crippen molar-refractivity contribution in [2.45, 2.75) is 0 Å². The minimum absolute atomic E-state index is 0. The Kier molecular flexibility index (Phi) is 15.8. The molecule has 2 radical (unpaired) electrons. The van der Waals surface area contributed by atoms with Crippen molar-refractivity contribution in [1.82, 2.24) is 0 Å². The molecule has 0 unspecified atom stereocenters. The first kappa shape index (κ1) is 29.4. The van der Waals surface area contributed by atoms with Gasteiger partial charge in [0.25, 0.3) is 0 Å². The van der Waals surface area contributed by atoms with E-state index in [2.05, 4.69) is 13.8 Å². The van der Waals surface area contributed by atoms with Crippen molar-refractivity contribution in [2.75, 3.05) is 42.7 Å². The van der Waals surface area contributed by atoms with E-state index in [0.717, 1.165) is 11.1 Å². The zero-order valence-corrected chi connectivity index (χ0v) is 23.0. The normalized spacial score (nSPS) is 8.79. The van der Waals surface area contributed by atoms with Crippen LogP contribution in [0.3, 0.4) is 0 Å². The summed E-state index contributed by atoms with van der Waals surface area (Å²) in [5.41, 5.74) is 1.61. The fourth-order valence-electron chi connectivity index (χ4n) is 2.30. The molecule has 2 rings (SSSR count). The monoisotopic (exact) mass is 540 g/mol. The summed E-state index contributed by atoms with van der Waals surface area (Å²) in [6.07, 6.45) is 0. The van der Waals surface area contributed by atoms with E-state index in [0.29, 0.717) is 34.5 Å². The summed E-state index contributed by atoms with van der Waals surface area (Å²) in [6.45, 7) is 7.61. The summed E-state index contributed by atoms with van der Waals surface area (Å²) < 4.78 is 30.8. The van der Waals surface area contributed by atoms with Crippen LogP contribution in [0.4, 0.5) is 0 Å². The van der Waals surface area contributed by atoms with Gasteiger partial charge >= 0.3 is 0 Å². The van der Waals surface area contributed by atoms with Crippen LogP contribution in [0, 0.1) is 13.8 Å². The summed E-state index contributed by atoms with van der Waals surface area (Å²) in [4.78, 5) is 0. The van der Waals surface area contributed by atoms with Crippen LogP contribution in [0.25, 0.3) is 0 Å². The smallest absolute Gasteiger partial charge is 0.177 e. The Morgan fingerprint density at radius 3 is 1.32 bits per heavy atom. The van der Waals surface area contributed by atoms with Gasteiger partial charge in [-0.2, -0.15) is 31.0 Å². The van der Waals surface area contributed by atoms with Gasteiger partial charge in [0.1, 0.15) is 23.0 Å². The van der Waals surface area contributed by atoms with E-state index in [-0.39, 0.29) is 65.4 Å². The van der Waals surface area contributed by atoms with E-state index in [9.17, 15) is 0 Å². The molecule has 0 fully saturated rings. The van der Waals surface area contributed by atoms with Crippen LogP contribution in [0.15, 0.2) is 24.3 Å². The molecule has 0 bridgehead atoms. The van der Waals surface area contributed by atoms with Gasteiger partial charge in [0.15, 0.2) is 5.75 Å². The van der Waals surface area contributed by atoms with E-state index in [1.807, 2.05) is 6.07 Å². The van der Waals surface area contributed by atoms with E-state index < -0.39 is 0 Å². The van der Waals surface area contributed by atoms with E-state index >= 15 is 0 Å². The first-order valence-electron chi connectivity index (χ1n) is 7.70. The molecule has 0 atom stereocenters. The van der Waals surface area contributed by atoms with Gasteiger partial charge < -0.3 is 28.4 Å². The van der Waals surface area contributed by atoms with E-state index in [1.165, 1.54) is 0 Å². The predicted molar refractivity (Wildman–Crippen MR) is 101 cm³/mol. The topological polar surface area (TPSA) is 55.4 Å². The van der Waals surface area contributed by atoms with Gasteiger partial charge in [0, 0.05) is 65.4 Å². The Labute approximate surface area is 218 Å². The molecule has 0 aromatic heterocycles. The minimum atomic E-state index is 0. The van der Waals surface area contributed by atoms with Crippen molar-refractivity contribution in [3.8, 4) is 34.5 Å². The van der Waals surface area contributed by atoms with Gasteiger partial charge in [-0.15, -0.1) is 12.1 Å². The van der Waals surface area contributed by atoms with Crippen molar-refractivity contribution >= 4 is 0 Å². The van der Waals surface area contributed by atoms with Gasteiger partial charge in [-0.3, -0.25) is 0 Å². The molecule has 0 N–H and O–H groups in total. The molecule has 0 aliphatic rings. The van der Waals surface area contributed by atoms with Gasteiger partial charge in [-0.1, -0.05) is 6.07 Å². The number of methoxy groups -OCH3 is 6. The molecule has 0 saturated carbocycles. The second-order valence-corrected chi connectivity index (χ2v) is 5.03. The van der Waals surface area contributed by atoms with Crippen LogP contribution in [0.1, 0.15) is 11.1 Å². The second-order valence-electron chi connectivity index (χ2n) is 5.03. The Bertz CT molecular complexity index is 697. The summed E-state index contributed by atoms with van der Waals surface area (Å²) >= 11 is 0. The summed E-state index contributed by atoms with van der Waals surface area (Å²) in [6, 6.07) is 7.20. The second kappa shape index (κ2) is 15.1. The molecule has 0 amide bonds. The van der Waals surface area contributed by atoms with Crippen molar-refractivity contribution in [2.24, 2.45) is 0 Å². The largest absolute Gasteiger partial charge is 0.550 e. The third-order valence-electron chi connectivity index (χ3n) is 3.51. The zero-order valence-electron chi connectivity index (χ0n) is 17.3. The number of hydrogen-bond donors (Lipinski definition) is 0. The molecular weight excluding hydrogens is 514 g/mol. The molecule has 0 spiro atoms. The van der Waals surface area contributed by atoms with Crippen LogP contribution in [-0.4, -0.2) is 42.7 Å². The number of hydrogen-bond acceptors (Lipinski definition) is 6. The third-order valence-corrected chi connectivity index (χ3v) is 3.51. The SMILES string of the molecule is [CH2-]c1cc(OC)c(OC)c(OC)c1.[CH2-]c1ccc(OC)c(OC)c1OC.[Y].[Y]. The fourth-order valence-corrected chi connectivity index (χ4v) is 2.30. The van der Waals surface area contributed by atoms with Gasteiger partial charge in [0.2, 0.25) is 0 Å². The van der Waals surface area contributed by atoms with Gasteiger partial charge in [-0.05, 0) is 0 Å². The maximum absolute atomic E-state index is 5.15. The standard InChI is InChI=1S/2C10H13O3.2Y/c1-7-5-8(11-2)10(13-4)9(6-7)12-3;1-7-5-6-8(11-2)10(13-4)9(7)12-3;;/h2*5-6H,1H2,2-4H3;;/q2*-1;;. The summed E-state index contributed by atoms with van der Waals surface area (Å²) in [5, 5.41) is 0. The Morgan fingerprint density at radius 1 is 0.536 bits per heavy atom. The third kappa shape index (κ3) is 7.55. The van der Waals surface area contributed by atoms with Crippen LogP contribution in [-0.2, 0) is 65.4 Å². The number of benzene rings is 2. The zero-order chi connectivity index (χ0) is 19.7. The molecule has 150 valence electrons. The maximum Gasteiger partial charge on any atom is 0.177 e. The molecule has 8 heteroatoms. The summed E-state index contributed by atoms with van der Waals surface area (Å²) in [7, 11) is 9.46. The van der Waals surface area contributed by atoms with Gasteiger partial charge in [-0.25, -0.2) is 0 Å². The van der Waals surface area contributed by atoms with Crippen LogP contribution in [0.5, 0.6) is 34.5 Å². The minimum Gasteiger partial charge on any atom is -0.550 e. The van der Waals surface area contributed by atoms with Crippen LogP contribution >= 0.6 is 0 Å². The molecule has 6 nitrogen and oxygen atoms in total. The molecule has 0 aliphatic carbocycles. The molecule has 0 heterocycles. The molecule has 0 saturated heterocycles. The molecule has 2 aromatic carbocycles. The van der Waals surface area contributed by atoms with E-state index in [1.54, 1.807) is 60.9 Å². The molecule has 28 heavy (non-hydrogen) atoms. The first-order valence-corrected chi connectivity index (χ1v) is 7.70.